The van der Waals surface area contributed by atoms with Crippen LogP contribution in [0, 0.1) is 6.92 Å². The molecule has 1 aromatic carbocycles. The standard InChI is InChI=1S/C18H17N5O3S/c1-10-21-16-15(27-10)13-7-20-23(17(24)14(13)22(16)2)8-11-4-3-5-12(6-11)9-26-18(19)25/h3-7H,8-9H2,1-2H3,(H2,19,25). The van der Waals surface area contributed by atoms with Gasteiger partial charge in [0.1, 0.15) is 12.1 Å². The van der Waals surface area contributed by atoms with Gasteiger partial charge in [0.25, 0.3) is 5.56 Å². The fourth-order valence-electron chi connectivity index (χ4n) is 3.15. The van der Waals surface area contributed by atoms with Crippen molar-refractivity contribution >= 4 is 38.7 Å². The predicted octanol–water partition coefficient (Wildman–Crippen LogP) is 2.30. The zero-order valence-electron chi connectivity index (χ0n) is 14.8. The molecule has 0 saturated carbocycles. The van der Waals surface area contributed by atoms with E-state index in [-0.39, 0.29) is 12.2 Å². The van der Waals surface area contributed by atoms with Gasteiger partial charge in [-0.1, -0.05) is 24.3 Å². The van der Waals surface area contributed by atoms with E-state index in [1.807, 2.05) is 42.8 Å². The fourth-order valence-corrected chi connectivity index (χ4v) is 4.11. The summed E-state index contributed by atoms with van der Waals surface area (Å²) < 4.78 is 9.04. The average Bonchev–Trinajstić information content (AvgIpc) is 3.13. The Morgan fingerprint density at radius 2 is 2.11 bits per heavy atom. The van der Waals surface area contributed by atoms with Crippen molar-refractivity contribution in [2.75, 3.05) is 0 Å². The molecule has 0 atom stereocenters. The second-order valence-electron chi connectivity index (χ2n) is 6.24. The Morgan fingerprint density at radius 3 is 2.89 bits per heavy atom. The second kappa shape index (κ2) is 6.51. The van der Waals surface area contributed by atoms with Gasteiger partial charge in [0.15, 0.2) is 5.65 Å². The predicted molar refractivity (Wildman–Crippen MR) is 103 cm³/mol. The van der Waals surface area contributed by atoms with E-state index in [2.05, 4.69) is 10.1 Å². The normalized spacial score (nSPS) is 11.3. The minimum atomic E-state index is -0.823. The van der Waals surface area contributed by atoms with Crippen molar-refractivity contribution in [3.8, 4) is 0 Å². The average molecular weight is 383 g/mol. The maximum Gasteiger partial charge on any atom is 0.404 e. The quantitative estimate of drug-likeness (QED) is 0.582. The molecule has 0 spiro atoms. The summed E-state index contributed by atoms with van der Waals surface area (Å²) >= 11 is 1.56. The third-order valence-corrected chi connectivity index (χ3v) is 5.33. The molecular weight excluding hydrogens is 366 g/mol. The summed E-state index contributed by atoms with van der Waals surface area (Å²) in [6.45, 7) is 2.34. The van der Waals surface area contributed by atoms with Gasteiger partial charge >= 0.3 is 6.09 Å². The van der Waals surface area contributed by atoms with Crippen LogP contribution in [0.25, 0.3) is 21.3 Å². The Morgan fingerprint density at radius 1 is 1.33 bits per heavy atom. The molecule has 27 heavy (non-hydrogen) atoms. The Hall–Kier alpha value is -3.20. The third kappa shape index (κ3) is 3.06. The lowest BCUT2D eigenvalue weighted by Gasteiger charge is -2.08. The zero-order valence-corrected chi connectivity index (χ0v) is 15.6. The van der Waals surface area contributed by atoms with Crippen LogP contribution in [0.15, 0.2) is 35.3 Å². The molecule has 0 bridgehead atoms. The second-order valence-corrected chi connectivity index (χ2v) is 7.45. The van der Waals surface area contributed by atoms with Gasteiger partial charge in [-0.2, -0.15) is 5.10 Å². The highest BCUT2D eigenvalue weighted by Crippen LogP contribution is 2.30. The summed E-state index contributed by atoms with van der Waals surface area (Å²) in [7, 11) is 1.84. The van der Waals surface area contributed by atoms with Crippen LogP contribution in [0.3, 0.4) is 0 Å². The van der Waals surface area contributed by atoms with Crippen LogP contribution in [-0.4, -0.2) is 25.4 Å². The van der Waals surface area contributed by atoms with E-state index in [0.717, 1.165) is 31.9 Å². The molecule has 1 amide bonds. The zero-order chi connectivity index (χ0) is 19.1. The molecule has 3 aromatic heterocycles. The lowest BCUT2D eigenvalue weighted by Crippen LogP contribution is -2.24. The first-order valence-electron chi connectivity index (χ1n) is 8.25. The Balaban J connectivity index is 1.72. The van der Waals surface area contributed by atoms with Crippen molar-refractivity contribution in [3.63, 3.8) is 0 Å². The molecule has 0 aliphatic heterocycles. The van der Waals surface area contributed by atoms with Gasteiger partial charge in [-0.25, -0.2) is 14.5 Å². The number of hydrogen-bond acceptors (Lipinski definition) is 6. The fraction of sp³-hybridized carbons (Fsp3) is 0.222. The number of carbonyl (C=O) groups is 1. The third-order valence-electron chi connectivity index (χ3n) is 4.34. The summed E-state index contributed by atoms with van der Waals surface area (Å²) in [5.41, 5.74) is 7.88. The van der Waals surface area contributed by atoms with E-state index in [1.54, 1.807) is 17.5 Å². The number of thiazole rings is 1. The van der Waals surface area contributed by atoms with Crippen LogP contribution in [0.2, 0.25) is 0 Å². The number of primary amides is 1. The first kappa shape index (κ1) is 17.2. The van der Waals surface area contributed by atoms with Crippen LogP contribution in [-0.2, 0) is 24.9 Å². The topological polar surface area (TPSA) is 105 Å². The number of benzene rings is 1. The number of amides is 1. The van der Waals surface area contributed by atoms with Crippen LogP contribution in [0.4, 0.5) is 4.79 Å². The number of fused-ring (bicyclic) bond motifs is 3. The lowest BCUT2D eigenvalue weighted by molar-refractivity contribution is 0.150. The molecule has 0 unspecified atom stereocenters. The Kier molecular flexibility index (Phi) is 4.15. The molecule has 138 valence electrons. The first-order chi connectivity index (χ1) is 12.9. The molecule has 9 heteroatoms. The molecular formula is C18H17N5O3S. The van der Waals surface area contributed by atoms with Gasteiger partial charge in [-0.3, -0.25) is 4.79 Å². The molecule has 0 radical (unpaired) electrons. The first-order valence-corrected chi connectivity index (χ1v) is 9.07. The number of nitrogens with zero attached hydrogens (tertiary/aromatic N) is 4. The summed E-state index contributed by atoms with van der Waals surface area (Å²) in [5.74, 6) is 0. The Labute approximate surface area is 157 Å². The number of rotatable bonds is 4. The lowest BCUT2D eigenvalue weighted by atomic mass is 10.1. The minimum Gasteiger partial charge on any atom is -0.445 e. The molecule has 0 aliphatic carbocycles. The van der Waals surface area contributed by atoms with Gasteiger partial charge in [-0.15, -0.1) is 11.3 Å². The number of ether oxygens (including phenoxy) is 1. The van der Waals surface area contributed by atoms with Gasteiger partial charge in [0, 0.05) is 12.4 Å². The van der Waals surface area contributed by atoms with E-state index in [4.69, 9.17) is 10.5 Å². The van der Waals surface area contributed by atoms with E-state index >= 15 is 0 Å². The highest BCUT2D eigenvalue weighted by Gasteiger charge is 2.17. The van der Waals surface area contributed by atoms with E-state index in [0.29, 0.717) is 12.1 Å². The molecule has 3 heterocycles. The summed E-state index contributed by atoms with van der Waals surface area (Å²) in [6, 6.07) is 7.41. The van der Waals surface area contributed by atoms with Crippen molar-refractivity contribution in [1.82, 2.24) is 19.3 Å². The van der Waals surface area contributed by atoms with Crippen LogP contribution < -0.4 is 11.3 Å². The monoisotopic (exact) mass is 383 g/mol. The minimum absolute atomic E-state index is 0.0869. The highest BCUT2D eigenvalue weighted by molar-refractivity contribution is 7.19. The SMILES string of the molecule is Cc1nc2c(s1)c1cnn(Cc3cccc(COC(N)=O)c3)c(=O)c1n2C. The van der Waals surface area contributed by atoms with Crippen molar-refractivity contribution in [2.24, 2.45) is 12.8 Å². The van der Waals surface area contributed by atoms with E-state index in [9.17, 15) is 9.59 Å². The van der Waals surface area contributed by atoms with Crippen molar-refractivity contribution < 1.29 is 9.53 Å². The maximum absolute atomic E-state index is 13.0. The molecule has 4 rings (SSSR count). The van der Waals surface area contributed by atoms with Crippen molar-refractivity contribution in [3.05, 3.63) is 57.0 Å². The van der Waals surface area contributed by atoms with Gasteiger partial charge < -0.3 is 15.0 Å². The van der Waals surface area contributed by atoms with Gasteiger partial charge in [-0.05, 0) is 18.1 Å². The van der Waals surface area contributed by atoms with Crippen molar-refractivity contribution in [1.29, 1.82) is 0 Å². The molecule has 2 N–H and O–H groups in total. The number of carbonyl (C=O) groups excluding carboxylic acids is 1. The summed E-state index contributed by atoms with van der Waals surface area (Å²) in [6.07, 6.45) is 0.896. The smallest absolute Gasteiger partial charge is 0.404 e. The molecule has 0 saturated heterocycles. The summed E-state index contributed by atoms with van der Waals surface area (Å²) in [5, 5.41) is 6.12. The molecule has 0 fully saturated rings. The van der Waals surface area contributed by atoms with Gasteiger partial charge in [0.2, 0.25) is 0 Å². The van der Waals surface area contributed by atoms with Crippen LogP contribution in [0.1, 0.15) is 16.1 Å². The largest absolute Gasteiger partial charge is 0.445 e. The van der Waals surface area contributed by atoms with Crippen LogP contribution in [0.5, 0.6) is 0 Å². The van der Waals surface area contributed by atoms with Crippen LogP contribution >= 0.6 is 11.3 Å². The van der Waals surface area contributed by atoms with E-state index < -0.39 is 6.09 Å². The number of hydrogen-bond donors (Lipinski definition) is 1. The molecule has 4 aromatic rings. The number of aromatic nitrogens is 4. The molecule has 8 nitrogen and oxygen atoms in total. The summed E-state index contributed by atoms with van der Waals surface area (Å²) in [4.78, 5) is 28.2. The maximum atomic E-state index is 13.0. The van der Waals surface area contributed by atoms with Crippen molar-refractivity contribution in [2.45, 2.75) is 20.1 Å². The molecule has 0 aliphatic rings. The number of nitrogens with two attached hydrogens (primary N) is 1. The Bertz CT molecular complexity index is 1240. The highest BCUT2D eigenvalue weighted by atomic mass is 32.1. The van der Waals surface area contributed by atoms with E-state index in [1.165, 1.54) is 4.68 Å². The van der Waals surface area contributed by atoms with Gasteiger partial charge in [0.05, 0.1) is 22.4 Å². The number of aryl methyl sites for hydroxylation is 2.